The molecule has 0 aromatic heterocycles. The average Bonchev–Trinajstić information content (AvgIpc) is 3.86. The van der Waals surface area contributed by atoms with E-state index in [4.69, 9.17) is 33.2 Å². The lowest BCUT2D eigenvalue weighted by atomic mass is 9.41. The molecular formula is C38H58O11. The number of hydrogen-bond donors (Lipinski definition) is 3. The molecule has 4 unspecified atom stereocenters. The molecule has 0 radical (unpaired) electrons. The molecule has 9 fully saturated rings. The minimum atomic E-state index is -1.30. The minimum absolute atomic E-state index is 0.0418. The smallest absolute Gasteiger partial charge is 0.302 e. The number of carbonyl (C=O) groups is 1. The second kappa shape index (κ2) is 10.2. The number of fused-ring (bicyclic) bond motifs is 6. The highest BCUT2D eigenvalue weighted by atomic mass is 16.8. The molecule has 4 aliphatic heterocycles. The lowest BCUT2D eigenvalue weighted by molar-refractivity contribution is -0.349. The Hall–Kier alpha value is -0.890. The van der Waals surface area contributed by atoms with Crippen molar-refractivity contribution >= 4 is 5.97 Å². The van der Waals surface area contributed by atoms with E-state index >= 15 is 0 Å². The molecule has 5 aliphatic carbocycles. The molecule has 276 valence electrons. The fourth-order valence-corrected chi connectivity index (χ4v) is 14.9. The van der Waals surface area contributed by atoms with Crippen LogP contribution >= 0.6 is 0 Å². The second-order valence-corrected chi connectivity index (χ2v) is 19.2. The fourth-order valence-electron chi connectivity index (χ4n) is 14.9. The van der Waals surface area contributed by atoms with Crippen molar-refractivity contribution in [2.24, 2.45) is 50.7 Å². The van der Waals surface area contributed by atoms with Crippen LogP contribution in [-0.2, 0) is 38.0 Å². The van der Waals surface area contributed by atoms with Gasteiger partial charge in [-0.2, -0.15) is 0 Å². The first kappa shape index (κ1) is 33.9. The highest BCUT2D eigenvalue weighted by Crippen LogP contribution is 2.89. The van der Waals surface area contributed by atoms with Crippen LogP contribution in [0.5, 0.6) is 0 Å². The van der Waals surface area contributed by atoms with Crippen molar-refractivity contribution in [3.63, 3.8) is 0 Å². The van der Waals surface area contributed by atoms with Gasteiger partial charge < -0.3 is 48.5 Å². The van der Waals surface area contributed by atoms with Gasteiger partial charge in [0.15, 0.2) is 12.6 Å². The molecule has 0 aromatic carbocycles. The molecule has 19 atom stereocenters. The van der Waals surface area contributed by atoms with E-state index in [0.29, 0.717) is 11.8 Å². The largest absolute Gasteiger partial charge is 0.462 e. The summed E-state index contributed by atoms with van der Waals surface area (Å²) in [5.74, 6) is 0.308. The molecule has 9 aliphatic rings. The van der Waals surface area contributed by atoms with Crippen LogP contribution < -0.4 is 0 Å². The van der Waals surface area contributed by atoms with Crippen molar-refractivity contribution in [1.29, 1.82) is 0 Å². The van der Waals surface area contributed by atoms with Crippen LogP contribution in [0.2, 0.25) is 0 Å². The highest BCUT2D eigenvalue weighted by molar-refractivity contribution is 5.66. The molecule has 4 saturated heterocycles. The number of aliphatic hydroxyl groups excluding tert-OH is 3. The molecule has 0 aromatic rings. The van der Waals surface area contributed by atoms with E-state index in [2.05, 4.69) is 41.5 Å². The van der Waals surface area contributed by atoms with E-state index in [0.717, 1.165) is 51.4 Å². The molecule has 11 nitrogen and oxygen atoms in total. The summed E-state index contributed by atoms with van der Waals surface area (Å²) in [5.41, 5.74) is -0.894. The van der Waals surface area contributed by atoms with Gasteiger partial charge in [-0.15, -0.1) is 0 Å². The molecule has 3 N–H and O–H groups in total. The third kappa shape index (κ3) is 3.98. The summed E-state index contributed by atoms with van der Waals surface area (Å²) in [7, 11) is 1.67. The van der Waals surface area contributed by atoms with Crippen molar-refractivity contribution in [3.05, 3.63) is 0 Å². The van der Waals surface area contributed by atoms with Crippen LogP contribution in [-0.4, -0.2) is 102 Å². The zero-order valence-corrected chi connectivity index (χ0v) is 30.5. The summed E-state index contributed by atoms with van der Waals surface area (Å²) in [4.78, 5) is 12.9. The SMILES string of the molecule is CO[C@H]1OC2(C[C@@H](C)[C@H]3C(C[C@@]4(C)[C@@H]5CC[C@H]6C(C)(C)[C@@H](O[C@@H]7OC[C@@H](O)[C@H](O)[C@H]7O)CC[C@@]67C[C@@]57C[C@@H](OC(C)=O)[C@]34C)O2)C2OC21C. The standard InChI is InChI=1S/C38H58O11/c1-18-13-38(30-35(7,48-30)31(43-8)49-38)47-21-14-33(5)23-10-9-22-32(3,4)24(46-29-28(42)27(41)20(40)16-44-29)11-12-36(22)17-37(23,36)15-25(45-19(2)39)34(33,6)26(18)21/h18,20-31,40-42H,9-17H2,1-8H3/t18-,20-,21?,22+,23+,24+,25-,26+,27+,28-,29+,30?,31+,33+,34-,35?,36-,37+,38?/m1/s1. The predicted molar refractivity (Wildman–Crippen MR) is 172 cm³/mol. The first-order chi connectivity index (χ1) is 22.9. The predicted octanol–water partition coefficient (Wildman–Crippen LogP) is 3.68. The Bertz CT molecular complexity index is 1410. The number of carbonyl (C=O) groups excluding carboxylic acids is 1. The van der Waals surface area contributed by atoms with E-state index in [-0.39, 0.29) is 75.9 Å². The molecule has 49 heavy (non-hydrogen) atoms. The number of esters is 1. The monoisotopic (exact) mass is 690 g/mol. The van der Waals surface area contributed by atoms with E-state index < -0.39 is 42.3 Å². The Labute approximate surface area is 290 Å². The first-order valence-electron chi connectivity index (χ1n) is 19.0. The Morgan fingerprint density at radius 1 is 0.857 bits per heavy atom. The normalized spacial score (nSPS) is 62.2. The highest BCUT2D eigenvalue weighted by Gasteiger charge is 2.87. The summed E-state index contributed by atoms with van der Waals surface area (Å²) in [6.45, 7) is 15.4. The summed E-state index contributed by atoms with van der Waals surface area (Å²) >= 11 is 0. The van der Waals surface area contributed by atoms with Gasteiger partial charge in [0.05, 0.1) is 18.8 Å². The number of epoxide rings is 1. The van der Waals surface area contributed by atoms with E-state index in [1.54, 1.807) is 14.0 Å². The average molecular weight is 691 g/mol. The van der Waals surface area contributed by atoms with Crippen LogP contribution in [0, 0.1) is 50.7 Å². The summed E-state index contributed by atoms with van der Waals surface area (Å²) < 4.78 is 44.4. The molecular weight excluding hydrogens is 632 g/mol. The van der Waals surface area contributed by atoms with Gasteiger partial charge in [-0.25, -0.2) is 0 Å². The van der Waals surface area contributed by atoms with Gasteiger partial charge in [-0.05, 0) is 97.2 Å². The number of aliphatic hydroxyl groups is 3. The molecule has 0 amide bonds. The van der Waals surface area contributed by atoms with Gasteiger partial charge in [0.2, 0.25) is 5.79 Å². The molecule has 0 bridgehead atoms. The van der Waals surface area contributed by atoms with E-state index in [9.17, 15) is 20.1 Å². The fraction of sp³-hybridized carbons (Fsp3) is 0.974. The molecule has 4 heterocycles. The van der Waals surface area contributed by atoms with Gasteiger partial charge in [-0.3, -0.25) is 4.79 Å². The maximum Gasteiger partial charge on any atom is 0.302 e. The first-order valence-corrected chi connectivity index (χ1v) is 19.0. The zero-order chi connectivity index (χ0) is 34.9. The molecule has 9 rings (SSSR count). The maximum atomic E-state index is 12.9. The molecule has 3 spiro atoms. The lowest BCUT2D eigenvalue weighted by Crippen LogP contribution is -2.64. The van der Waals surface area contributed by atoms with Gasteiger partial charge in [0, 0.05) is 25.9 Å². The van der Waals surface area contributed by atoms with Crippen molar-refractivity contribution in [2.45, 2.75) is 167 Å². The van der Waals surface area contributed by atoms with Crippen LogP contribution in [0.3, 0.4) is 0 Å². The van der Waals surface area contributed by atoms with Crippen molar-refractivity contribution < 1.29 is 53.3 Å². The zero-order valence-electron chi connectivity index (χ0n) is 30.5. The van der Waals surface area contributed by atoms with E-state index in [1.165, 1.54) is 0 Å². The Balaban J connectivity index is 1.03. The van der Waals surface area contributed by atoms with Gasteiger partial charge in [0.1, 0.15) is 36.1 Å². The maximum absolute atomic E-state index is 12.9. The quantitative estimate of drug-likeness (QED) is 0.226. The Morgan fingerprint density at radius 3 is 2.29 bits per heavy atom. The van der Waals surface area contributed by atoms with Crippen LogP contribution in [0.1, 0.15) is 99.8 Å². The van der Waals surface area contributed by atoms with Crippen molar-refractivity contribution in [1.82, 2.24) is 0 Å². The summed E-state index contributed by atoms with van der Waals surface area (Å²) in [6, 6.07) is 0. The van der Waals surface area contributed by atoms with Gasteiger partial charge in [0.25, 0.3) is 0 Å². The van der Waals surface area contributed by atoms with Gasteiger partial charge in [-0.1, -0.05) is 34.6 Å². The number of ether oxygens (including phenoxy) is 7. The Morgan fingerprint density at radius 2 is 1.59 bits per heavy atom. The molecule has 5 saturated carbocycles. The third-order valence-corrected chi connectivity index (χ3v) is 16.9. The van der Waals surface area contributed by atoms with Crippen LogP contribution in [0.15, 0.2) is 0 Å². The molecule has 11 heteroatoms. The second-order valence-electron chi connectivity index (χ2n) is 19.2. The van der Waals surface area contributed by atoms with Crippen LogP contribution in [0.25, 0.3) is 0 Å². The number of rotatable bonds is 4. The van der Waals surface area contributed by atoms with Gasteiger partial charge >= 0.3 is 5.97 Å². The van der Waals surface area contributed by atoms with Crippen LogP contribution in [0.4, 0.5) is 0 Å². The van der Waals surface area contributed by atoms with Crippen molar-refractivity contribution in [2.75, 3.05) is 13.7 Å². The summed E-state index contributed by atoms with van der Waals surface area (Å²) in [6.07, 6.45) is 1.91. The summed E-state index contributed by atoms with van der Waals surface area (Å²) in [5, 5.41) is 31.0. The lowest BCUT2D eigenvalue weighted by Gasteiger charge is -2.65. The topological polar surface area (TPSA) is 146 Å². The minimum Gasteiger partial charge on any atom is -0.462 e. The van der Waals surface area contributed by atoms with Crippen molar-refractivity contribution in [3.8, 4) is 0 Å². The number of methoxy groups -OCH3 is 1. The Kier molecular flexibility index (Phi) is 7.06. The number of hydrogen-bond acceptors (Lipinski definition) is 11. The van der Waals surface area contributed by atoms with E-state index in [1.807, 2.05) is 0 Å². The third-order valence-electron chi connectivity index (χ3n) is 16.9.